The van der Waals surface area contributed by atoms with E-state index in [2.05, 4.69) is 5.32 Å². The molecule has 1 atom stereocenters. The molecule has 108 valence electrons. The van der Waals surface area contributed by atoms with Gasteiger partial charge < -0.3 is 19.9 Å². The third-order valence-electron chi connectivity index (χ3n) is 2.99. The van der Waals surface area contributed by atoms with Gasteiger partial charge >= 0.3 is 0 Å². The summed E-state index contributed by atoms with van der Waals surface area (Å²) in [6.07, 6.45) is 0. The SMILES string of the molecule is CCOc1ccc(OCC)c(NC(C)C(C)(C)O)c1. The molecule has 0 heterocycles. The van der Waals surface area contributed by atoms with Crippen molar-refractivity contribution < 1.29 is 14.6 Å². The molecule has 0 bridgehead atoms. The molecule has 0 saturated heterocycles. The minimum atomic E-state index is -0.814. The van der Waals surface area contributed by atoms with Crippen molar-refractivity contribution in [2.75, 3.05) is 18.5 Å². The van der Waals surface area contributed by atoms with Crippen LogP contribution in [0, 0.1) is 0 Å². The topological polar surface area (TPSA) is 50.7 Å². The molecule has 0 aliphatic carbocycles. The summed E-state index contributed by atoms with van der Waals surface area (Å²) in [5.41, 5.74) is 0.0212. The van der Waals surface area contributed by atoms with Gasteiger partial charge in [-0.25, -0.2) is 0 Å². The van der Waals surface area contributed by atoms with E-state index in [1.807, 2.05) is 39.0 Å². The lowest BCUT2D eigenvalue weighted by molar-refractivity contribution is 0.0648. The molecule has 0 fully saturated rings. The molecule has 0 radical (unpaired) electrons. The Morgan fingerprint density at radius 3 is 2.37 bits per heavy atom. The Hall–Kier alpha value is -1.42. The van der Waals surface area contributed by atoms with Crippen LogP contribution in [0.3, 0.4) is 0 Å². The van der Waals surface area contributed by atoms with Crippen LogP contribution in [0.2, 0.25) is 0 Å². The van der Waals surface area contributed by atoms with E-state index in [9.17, 15) is 5.11 Å². The number of aliphatic hydroxyl groups is 1. The molecule has 0 amide bonds. The van der Waals surface area contributed by atoms with Gasteiger partial charge in [0.1, 0.15) is 11.5 Å². The fourth-order valence-corrected chi connectivity index (χ4v) is 1.57. The molecule has 0 spiro atoms. The number of hydrogen-bond acceptors (Lipinski definition) is 4. The number of benzene rings is 1. The summed E-state index contributed by atoms with van der Waals surface area (Å²) in [5.74, 6) is 1.55. The predicted molar refractivity (Wildman–Crippen MR) is 78.2 cm³/mol. The van der Waals surface area contributed by atoms with Crippen molar-refractivity contribution >= 4 is 5.69 Å². The van der Waals surface area contributed by atoms with Crippen molar-refractivity contribution in [1.82, 2.24) is 0 Å². The summed E-state index contributed by atoms with van der Waals surface area (Å²) in [5, 5.41) is 13.3. The average molecular weight is 267 g/mol. The molecule has 0 saturated carbocycles. The third-order valence-corrected chi connectivity index (χ3v) is 2.99. The van der Waals surface area contributed by atoms with Crippen LogP contribution in [0.15, 0.2) is 18.2 Å². The van der Waals surface area contributed by atoms with E-state index >= 15 is 0 Å². The highest BCUT2D eigenvalue weighted by Crippen LogP contribution is 2.31. The monoisotopic (exact) mass is 267 g/mol. The van der Waals surface area contributed by atoms with Crippen molar-refractivity contribution in [3.05, 3.63) is 18.2 Å². The first-order chi connectivity index (χ1) is 8.88. The molecular weight excluding hydrogens is 242 g/mol. The molecule has 0 aliphatic heterocycles. The molecule has 0 aromatic heterocycles. The van der Waals surface area contributed by atoms with Crippen molar-refractivity contribution in [2.45, 2.75) is 46.3 Å². The lowest BCUT2D eigenvalue weighted by Crippen LogP contribution is -2.39. The number of ether oxygens (including phenoxy) is 2. The Kier molecular flexibility index (Phi) is 5.48. The molecule has 1 aromatic rings. The van der Waals surface area contributed by atoms with Crippen molar-refractivity contribution in [3.8, 4) is 11.5 Å². The summed E-state index contributed by atoms with van der Waals surface area (Å²) < 4.78 is 11.1. The fraction of sp³-hybridized carbons (Fsp3) is 0.600. The summed E-state index contributed by atoms with van der Waals surface area (Å²) in [6.45, 7) is 10.6. The highest BCUT2D eigenvalue weighted by Gasteiger charge is 2.23. The van der Waals surface area contributed by atoms with Crippen molar-refractivity contribution in [3.63, 3.8) is 0 Å². The van der Waals surface area contributed by atoms with Crippen LogP contribution in [0.5, 0.6) is 11.5 Å². The molecule has 2 N–H and O–H groups in total. The van der Waals surface area contributed by atoms with Crippen molar-refractivity contribution in [2.24, 2.45) is 0 Å². The molecule has 4 nitrogen and oxygen atoms in total. The Balaban J connectivity index is 2.96. The summed E-state index contributed by atoms with van der Waals surface area (Å²) >= 11 is 0. The Morgan fingerprint density at radius 2 is 1.84 bits per heavy atom. The second-order valence-corrected chi connectivity index (χ2v) is 5.04. The molecular formula is C15H25NO3. The molecule has 4 heteroatoms. The summed E-state index contributed by atoms with van der Waals surface area (Å²) in [7, 11) is 0. The smallest absolute Gasteiger partial charge is 0.142 e. The van der Waals surface area contributed by atoms with Gasteiger partial charge in [0, 0.05) is 6.07 Å². The van der Waals surface area contributed by atoms with E-state index in [1.165, 1.54) is 0 Å². The first-order valence-electron chi connectivity index (χ1n) is 6.77. The lowest BCUT2D eigenvalue weighted by atomic mass is 10.0. The van der Waals surface area contributed by atoms with Crippen LogP contribution in [0.25, 0.3) is 0 Å². The van der Waals surface area contributed by atoms with Gasteiger partial charge in [-0.3, -0.25) is 0 Å². The van der Waals surface area contributed by atoms with Gasteiger partial charge in [-0.05, 0) is 46.8 Å². The number of anilines is 1. The Morgan fingerprint density at radius 1 is 1.21 bits per heavy atom. The van der Waals surface area contributed by atoms with E-state index in [0.717, 1.165) is 17.2 Å². The van der Waals surface area contributed by atoms with Crippen LogP contribution in [0.4, 0.5) is 5.69 Å². The number of nitrogens with one attached hydrogen (secondary N) is 1. The van der Waals surface area contributed by atoms with Gasteiger partial charge in [-0.1, -0.05) is 0 Å². The molecule has 1 unspecified atom stereocenters. The molecule has 19 heavy (non-hydrogen) atoms. The van der Waals surface area contributed by atoms with Crippen LogP contribution in [-0.2, 0) is 0 Å². The van der Waals surface area contributed by atoms with Gasteiger partial charge in [-0.15, -0.1) is 0 Å². The van der Waals surface area contributed by atoms with Gasteiger partial charge in [0.15, 0.2) is 0 Å². The predicted octanol–water partition coefficient (Wildman–Crippen LogP) is 3.06. The quantitative estimate of drug-likeness (QED) is 0.797. The van der Waals surface area contributed by atoms with Gasteiger partial charge in [0.05, 0.1) is 30.5 Å². The normalized spacial score (nSPS) is 12.9. The van der Waals surface area contributed by atoms with E-state index < -0.39 is 5.60 Å². The van der Waals surface area contributed by atoms with E-state index in [1.54, 1.807) is 13.8 Å². The van der Waals surface area contributed by atoms with Crippen LogP contribution in [0.1, 0.15) is 34.6 Å². The highest BCUT2D eigenvalue weighted by atomic mass is 16.5. The van der Waals surface area contributed by atoms with Gasteiger partial charge in [0.2, 0.25) is 0 Å². The Bertz CT molecular complexity index is 399. The van der Waals surface area contributed by atoms with Gasteiger partial charge in [0.25, 0.3) is 0 Å². The van der Waals surface area contributed by atoms with Crippen LogP contribution >= 0.6 is 0 Å². The molecule has 1 rings (SSSR count). The van der Waals surface area contributed by atoms with E-state index in [0.29, 0.717) is 13.2 Å². The third kappa shape index (κ3) is 4.63. The minimum absolute atomic E-state index is 0.108. The first kappa shape index (κ1) is 15.6. The van der Waals surface area contributed by atoms with Crippen LogP contribution < -0.4 is 14.8 Å². The summed E-state index contributed by atoms with van der Waals surface area (Å²) in [6, 6.07) is 5.56. The maximum atomic E-state index is 10.0. The first-order valence-corrected chi connectivity index (χ1v) is 6.77. The van der Waals surface area contributed by atoms with Crippen molar-refractivity contribution in [1.29, 1.82) is 0 Å². The molecule has 1 aromatic carbocycles. The van der Waals surface area contributed by atoms with E-state index in [-0.39, 0.29) is 6.04 Å². The maximum absolute atomic E-state index is 10.0. The zero-order valence-electron chi connectivity index (χ0n) is 12.5. The second-order valence-electron chi connectivity index (χ2n) is 5.04. The average Bonchev–Trinajstić information content (AvgIpc) is 2.32. The summed E-state index contributed by atoms with van der Waals surface area (Å²) in [4.78, 5) is 0. The van der Waals surface area contributed by atoms with Crippen LogP contribution in [-0.4, -0.2) is 30.0 Å². The zero-order valence-corrected chi connectivity index (χ0v) is 12.5. The largest absolute Gasteiger partial charge is 0.494 e. The second kappa shape index (κ2) is 6.66. The van der Waals surface area contributed by atoms with Gasteiger partial charge in [-0.2, -0.15) is 0 Å². The highest BCUT2D eigenvalue weighted by molar-refractivity contribution is 5.60. The zero-order chi connectivity index (χ0) is 14.5. The number of hydrogen-bond donors (Lipinski definition) is 2. The van der Waals surface area contributed by atoms with E-state index in [4.69, 9.17) is 9.47 Å². The fourth-order valence-electron chi connectivity index (χ4n) is 1.57. The Labute approximate surface area is 115 Å². The standard InChI is InChI=1S/C15H25NO3/c1-6-18-12-8-9-14(19-7-2)13(10-12)16-11(3)15(4,5)17/h8-11,16-17H,6-7H2,1-5H3. The minimum Gasteiger partial charge on any atom is -0.494 e. The number of rotatable bonds is 7. The molecule has 0 aliphatic rings. The lowest BCUT2D eigenvalue weighted by Gasteiger charge is -2.28. The maximum Gasteiger partial charge on any atom is 0.142 e.